The van der Waals surface area contributed by atoms with E-state index in [4.69, 9.17) is 0 Å². The Labute approximate surface area is 96.8 Å². The summed E-state index contributed by atoms with van der Waals surface area (Å²) in [4.78, 5) is 11.4. The van der Waals surface area contributed by atoms with E-state index < -0.39 is 0 Å². The van der Waals surface area contributed by atoms with Crippen LogP contribution in [0.15, 0.2) is 46.6 Å². The Morgan fingerprint density at radius 3 is 2.33 bits per heavy atom. The smallest absolute Gasteiger partial charge is 0.251 e. The number of hydrogen-bond donors (Lipinski definition) is 1. The van der Waals surface area contributed by atoms with Gasteiger partial charge in [0.25, 0.3) is 5.91 Å². The van der Waals surface area contributed by atoms with Crippen molar-refractivity contribution in [2.24, 2.45) is 0 Å². The second-order valence-electron chi connectivity index (χ2n) is 3.44. The second kappa shape index (κ2) is 3.66. The molecule has 2 nitrogen and oxygen atoms in total. The van der Waals surface area contributed by atoms with Gasteiger partial charge in [-0.3, -0.25) is 4.79 Å². The lowest BCUT2D eigenvalue weighted by Gasteiger charge is -2.04. The Bertz CT molecular complexity index is 471. The molecule has 15 heavy (non-hydrogen) atoms. The maximum Gasteiger partial charge on any atom is 0.251 e. The van der Waals surface area contributed by atoms with Crippen LogP contribution < -0.4 is 5.32 Å². The highest BCUT2D eigenvalue weighted by molar-refractivity contribution is 9.10. The van der Waals surface area contributed by atoms with Crippen LogP contribution in [0.3, 0.4) is 0 Å². The van der Waals surface area contributed by atoms with Crippen LogP contribution in [0.1, 0.15) is 12.5 Å². The molecule has 1 aliphatic rings. The third-order valence-electron chi connectivity index (χ3n) is 2.41. The Balaban J connectivity index is 2.51. The highest BCUT2D eigenvalue weighted by Gasteiger charge is 2.22. The van der Waals surface area contributed by atoms with Gasteiger partial charge in [-0.25, -0.2) is 0 Å². The molecule has 1 amide bonds. The van der Waals surface area contributed by atoms with Crippen molar-refractivity contribution in [2.45, 2.75) is 6.92 Å². The first-order valence-corrected chi connectivity index (χ1v) is 5.36. The molecule has 0 unspecified atom stereocenters. The fourth-order valence-electron chi connectivity index (χ4n) is 1.64. The summed E-state index contributed by atoms with van der Waals surface area (Å²) >= 11 is 3.38. The molecule has 76 valence electrons. The fourth-order valence-corrected chi connectivity index (χ4v) is 1.90. The molecule has 0 aliphatic carbocycles. The third kappa shape index (κ3) is 1.75. The molecule has 3 heteroatoms. The highest BCUT2D eigenvalue weighted by Crippen LogP contribution is 2.29. The van der Waals surface area contributed by atoms with Crippen LogP contribution in [0, 0.1) is 0 Å². The summed E-state index contributed by atoms with van der Waals surface area (Å²) in [6.07, 6.45) is 0. The minimum absolute atomic E-state index is 0.0575. The predicted molar refractivity (Wildman–Crippen MR) is 64.0 cm³/mol. The van der Waals surface area contributed by atoms with E-state index in [2.05, 4.69) is 27.8 Å². The highest BCUT2D eigenvalue weighted by atomic mass is 79.9. The molecule has 0 fully saturated rings. The van der Waals surface area contributed by atoms with Gasteiger partial charge < -0.3 is 5.32 Å². The van der Waals surface area contributed by atoms with Gasteiger partial charge in [-0.15, -0.1) is 0 Å². The zero-order chi connectivity index (χ0) is 11.0. The van der Waals surface area contributed by atoms with Gasteiger partial charge >= 0.3 is 0 Å². The van der Waals surface area contributed by atoms with Gasteiger partial charge in [-0.1, -0.05) is 34.6 Å². The molecule has 1 aromatic carbocycles. The van der Waals surface area contributed by atoms with Gasteiger partial charge in [0.05, 0.1) is 0 Å². The van der Waals surface area contributed by atoms with E-state index in [0.29, 0.717) is 5.70 Å². The second-order valence-corrected chi connectivity index (χ2v) is 4.36. The summed E-state index contributed by atoms with van der Waals surface area (Å²) in [5, 5.41) is 2.71. The van der Waals surface area contributed by atoms with Gasteiger partial charge in [0, 0.05) is 21.3 Å². The summed E-state index contributed by atoms with van der Waals surface area (Å²) < 4.78 is 1.02. The molecule has 2 rings (SSSR count). The Morgan fingerprint density at radius 1 is 1.27 bits per heavy atom. The van der Waals surface area contributed by atoms with Gasteiger partial charge in [0.15, 0.2) is 0 Å². The van der Waals surface area contributed by atoms with E-state index in [1.807, 2.05) is 31.2 Å². The first-order chi connectivity index (χ1) is 7.09. The lowest BCUT2D eigenvalue weighted by molar-refractivity contribution is -0.116. The molecule has 1 heterocycles. The van der Waals surface area contributed by atoms with Crippen LogP contribution in [0.4, 0.5) is 0 Å². The first-order valence-electron chi connectivity index (χ1n) is 4.57. The van der Waals surface area contributed by atoms with Crippen molar-refractivity contribution in [3.05, 3.63) is 52.2 Å². The molecular formula is C12H10BrNO. The van der Waals surface area contributed by atoms with E-state index in [1.54, 1.807) is 0 Å². The summed E-state index contributed by atoms with van der Waals surface area (Å²) in [5.74, 6) is -0.0575. The zero-order valence-electron chi connectivity index (χ0n) is 8.30. The van der Waals surface area contributed by atoms with Crippen LogP contribution in [0.5, 0.6) is 0 Å². The van der Waals surface area contributed by atoms with E-state index >= 15 is 0 Å². The van der Waals surface area contributed by atoms with Crippen molar-refractivity contribution in [1.82, 2.24) is 5.32 Å². The number of nitrogens with one attached hydrogen (secondary N) is 1. The van der Waals surface area contributed by atoms with Crippen LogP contribution in [0.25, 0.3) is 5.57 Å². The first kappa shape index (κ1) is 10.2. The number of benzene rings is 1. The van der Waals surface area contributed by atoms with Crippen molar-refractivity contribution in [1.29, 1.82) is 0 Å². The van der Waals surface area contributed by atoms with Gasteiger partial charge in [-0.2, -0.15) is 0 Å². The Kier molecular flexibility index (Phi) is 2.49. The van der Waals surface area contributed by atoms with Crippen molar-refractivity contribution in [2.75, 3.05) is 0 Å². The van der Waals surface area contributed by atoms with Crippen molar-refractivity contribution >= 4 is 27.4 Å². The molecule has 1 aromatic rings. The van der Waals surface area contributed by atoms with Crippen LogP contribution in [-0.2, 0) is 4.79 Å². The molecule has 0 radical (unpaired) electrons. The fraction of sp³-hybridized carbons (Fsp3) is 0.0833. The van der Waals surface area contributed by atoms with Crippen LogP contribution in [-0.4, -0.2) is 5.91 Å². The topological polar surface area (TPSA) is 29.1 Å². The van der Waals surface area contributed by atoms with Crippen LogP contribution in [0.2, 0.25) is 0 Å². The molecule has 0 bridgehead atoms. The van der Waals surface area contributed by atoms with E-state index in [0.717, 1.165) is 21.2 Å². The number of halogens is 1. The minimum atomic E-state index is -0.0575. The maximum absolute atomic E-state index is 11.4. The van der Waals surface area contributed by atoms with Crippen molar-refractivity contribution in [3.8, 4) is 0 Å². The number of carbonyl (C=O) groups excluding carboxylic acids is 1. The summed E-state index contributed by atoms with van der Waals surface area (Å²) in [6.45, 7) is 5.64. The quantitative estimate of drug-likeness (QED) is 0.830. The SMILES string of the molecule is C=C1NC(=O)C(C)=C1c1ccc(Br)cc1. The summed E-state index contributed by atoms with van der Waals surface area (Å²) in [5.41, 5.74) is 3.33. The van der Waals surface area contributed by atoms with Crippen LogP contribution >= 0.6 is 15.9 Å². The maximum atomic E-state index is 11.4. The average molecular weight is 264 g/mol. The molecule has 0 saturated heterocycles. The molecule has 0 spiro atoms. The minimum Gasteiger partial charge on any atom is -0.322 e. The normalized spacial score (nSPS) is 15.9. The van der Waals surface area contributed by atoms with Crippen molar-refractivity contribution in [3.63, 3.8) is 0 Å². The van der Waals surface area contributed by atoms with E-state index in [9.17, 15) is 4.79 Å². The number of allylic oxidation sites excluding steroid dienone is 1. The van der Waals surface area contributed by atoms with E-state index in [1.165, 1.54) is 0 Å². The predicted octanol–water partition coefficient (Wildman–Crippen LogP) is 2.87. The zero-order valence-corrected chi connectivity index (χ0v) is 9.89. The van der Waals surface area contributed by atoms with E-state index in [-0.39, 0.29) is 5.91 Å². The van der Waals surface area contributed by atoms with Crippen molar-refractivity contribution < 1.29 is 4.79 Å². The van der Waals surface area contributed by atoms with Gasteiger partial charge in [-0.05, 0) is 24.6 Å². The molecule has 1 aliphatic heterocycles. The number of rotatable bonds is 1. The van der Waals surface area contributed by atoms with Gasteiger partial charge in [0.1, 0.15) is 0 Å². The molecule has 0 atom stereocenters. The standard InChI is InChI=1S/C12H10BrNO/c1-7-11(8(2)14-12(7)15)9-3-5-10(13)6-4-9/h3-6H,2H2,1H3,(H,14,15). The van der Waals surface area contributed by atoms with Gasteiger partial charge in [0.2, 0.25) is 0 Å². The molecule has 0 saturated carbocycles. The average Bonchev–Trinajstić information content (AvgIpc) is 2.44. The summed E-state index contributed by atoms with van der Waals surface area (Å²) in [6, 6.07) is 7.83. The summed E-state index contributed by atoms with van der Waals surface area (Å²) in [7, 11) is 0. The Hall–Kier alpha value is -1.35. The molecular weight excluding hydrogens is 254 g/mol. The lowest BCUT2D eigenvalue weighted by Crippen LogP contribution is -2.14. The monoisotopic (exact) mass is 263 g/mol. The number of amides is 1. The number of hydrogen-bond acceptors (Lipinski definition) is 1. The molecule has 0 aromatic heterocycles. The largest absolute Gasteiger partial charge is 0.322 e. The Morgan fingerprint density at radius 2 is 1.87 bits per heavy atom. The number of carbonyl (C=O) groups is 1. The third-order valence-corrected chi connectivity index (χ3v) is 2.94. The molecule has 1 N–H and O–H groups in total. The lowest BCUT2D eigenvalue weighted by atomic mass is 10.0.